The van der Waals surface area contributed by atoms with E-state index in [0.717, 1.165) is 23.6 Å². The average Bonchev–Trinajstić information content (AvgIpc) is 2.96. The number of aryl methyl sites for hydroxylation is 2. The summed E-state index contributed by atoms with van der Waals surface area (Å²) in [6, 6.07) is 6.95. The molecule has 1 aliphatic rings. The van der Waals surface area contributed by atoms with Crippen molar-refractivity contribution < 1.29 is 0 Å². The van der Waals surface area contributed by atoms with Crippen LogP contribution in [-0.2, 0) is 6.42 Å². The number of hydrogen-bond donors (Lipinski definition) is 1. The second kappa shape index (κ2) is 5.23. The molecule has 0 bridgehead atoms. The van der Waals surface area contributed by atoms with Crippen LogP contribution in [0, 0.1) is 6.92 Å². The van der Waals surface area contributed by atoms with E-state index in [2.05, 4.69) is 34.7 Å². The van der Waals surface area contributed by atoms with Gasteiger partial charge in [-0.2, -0.15) is 0 Å². The number of nitrogens with zero attached hydrogens (tertiary/aromatic N) is 1. The molecule has 3 rings (SSSR count). The standard InChI is InChI=1S/C15H17ClN2S/c1-9-8-19-15(17-9)10(2)18-14-6-3-11-7-12(16)4-5-13(11)14/h4-5,7-8,10,14,18H,3,6H2,1-2H3. The summed E-state index contributed by atoms with van der Waals surface area (Å²) in [7, 11) is 0. The summed E-state index contributed by atoms with van der Waals surface area (Å²) in [6.45, 7) is 4.23. The third kappa shape index (κ3) is 2.69. The number of hydrogen-bond acceptors (Lipinski definition) is 3. The van der Waals surface area contributed by atoms with Gasteiger partial charge in [-0.3, -0.25) is 0 Å². The molecule has 4 heteroatoms. The van der Waals surface area contributed by atoms with Crippen molar-refractivity contribution in [1.82, 2.24) is 10.3 Å². The van der Waals surface area contributed by atoms with Crippen LogP contribution >= 0.6 is 22.9 Å². The lowest BCUT2D eigenvalue weighted by molar-refractivity contribution is 0.463. The number of thiazole rings is 1. The number of halogens is 1. The van der Waals surface area contributed by atoms with Gasteiger partial charge in [-0.15, -0.1) is 11.3 Å². The molecular formula is C15H17ClN2S. The smallest absolute Gasteiger partial charge is 0.110 e. The van der Waals surface area contributed by atoms with Crippen molar-refractivity contribution in [1.29, 1.82) is 0 Å². The predicted octanol–water partition coefficient (Wildman–Crippen LogP) is 4.44. The second-order valence-corrected chi connectivity index (χ2v) is 6.48. The van der Waals surface area contributed by atoms with Crippen molar-refractivity contribution in [2.24, 2.45) is 0 Å². The van der Waals surface area contributed by atoms with Gasteiger partial charge in [-0.1, -0.05) is 17.7 Å². The molecule has 0 saturated heterocycles. The Bertz CT molecular complexity index is 594. The fourth-order valence-corrected chi connectivity index (χ4v) is 3.71. The Morgan fingerprint density at radius 2 is 2.32 bits per heavy atom. The maximum absolute atomic E-state index is 6.05. The lowest BCUT2D eigenvalue weighted by Gasteiger charge is -2.18. The molecule has 0 aliphatic heterocycles. The lowest BCUT2D eigenvalue weighted by atomic mass is 10.1. The molecule has 2 unspecified atom stereocenters. The topological polar surface area (TPSA) is 24.9 Å². The van der Waals surface area contributed by atoms with Crippen LogP contribution in [0.25, 0.3) is 0 Å². The summed E-state index contributed by atoms with van der Waals surface area (Å²) in [4.78, 5) is 4.56. The van der Waals surface area contributed by atoms with E-state index in [4.69, 9.17) is 11.6 Å². The van der Waals surface area contributed by atoms with Gasteiger partial charge in [-0.05, 0) is 49.9 Å². The monoisotopic (exact) mass is 292 g/mol. The zero-order valence-electron chi connectivity index (χ0n) is 11.1. The van der Waals surface area contributed by atoms with Crippen LogP contribution in [-0.4, -0.2) is 4.98 Å². The summed E-state index contributed by atoms with van der Waals surface area (Å²) in [5.41, 5.74) is 3.88. The minimum Gasteiger partial charge on any atom is -0.301 e. The van der Waals surface area contributed by atoms with Gasteiger partial charge in [0.25, 0.3) is 0 Å². The molecule has 0 radical (unpaired) electrons. The van der Waals surface area contributed by atoms with Gasteiger partial charge in [0.1, 0.15) is 5.01 Å². The van der Waals surface area contributed by atoms with Gasteiger partial charge < -0.3 is 5.32 Å². The van der Waals surface area contributed by atoms with Crippen LogP contribution in [0.1, 0.15) is 47.3 Å². The summed E-state index contributed by atoms with van der Waals surface area (Å²) in [5, 5.41) is 7.80. The van der Waals surface area contributed by atoms with Crippen LogP contribution in [0.5, 0.6) is 0 Å². The Hall–Kier alpha value is -0.900. The Labute approximate surface area is 122 Å². The van der Waals surface area contributed by atoms with Crippen LogP contribution in [0.3, 0.4) is 0 Å². The average molecular weight is 293 g/mol. The van der Waals surface area contributed by atoms with Crippen molar-refractivity contribution in [3.8, 4) is 0 Å². The fraction of sp³-hybridized carbons (Fsp3) is 0.400. The molecule has 2 atom stereocenters. The number of nitrogens with one attached hydrogen (secondary N) is 1. The van der Waals surface area contributed by atoms with Crippen LogP contribution in [0.2, 0.25) is 5.02 Å². The molecule has 100 valence electrons. The Balaban J connectivity index is 1.76. The molecule has 1 heterocycles. The van der Waals surface area contributed by atoms with Gasteiger partial charge in [0.05, 0.1) is 6.04 Å². The molecule has 0 fully saturated rings. The summed E-state index contributed by atoms with van der Waals surface area (Å²) >= 11 is 7.78. The third-order valence-corrected chi connectivity index (χ3v) is 5.02. The molecule has 0 saturated carbocycles. The first-order chi connectivity index (χ1) is 9.13. The highest BCUT2D eigenvalue weighted by molar-refractivity contribution is 7.09. The quantitative estimate of drug-likeness (QED) is 0.904. The molecule has 1 N–H and O–H groups in total. The van der Waals surface area contributed by atoms with Gasteiger partial charge in [0.2, 0.25) is 0 Å². The summed E-state index contributed by atoms with van der Waals surface area (Å²) in [6.07, 6.45) is 2.25. The highest BCUT2D eigenvalue weighted by Crippen LogP contribution is 2.34. The zero-order chi connectivity index (χ0) is 13.4. The molecule has 2 nitrogen and oxygen atoms in total. The molecule has 1 aliphatic carbocycles. The molecule has 0 amide bonds. The van der Waals surface area contributed by atoms with Crippen molar-refractivity contribution in [3.05, 3.63) is 50.4 Å². The Morgan fingerprint density at radius 1 is 1.47 bits per heavy atom. The Morgan fingerprint density at radius 3 is 3.05 bits per heavy atom. The van der Waals surface area contributed by atoms with E-state index < -0.39 is 0 Å². The molecule has 1 aromatic heterocycles. The van der Waals surface area contributed by atoms with E-state index in [0.29, 0.717) is 12.1 Å². The van der Waals surface area contributed by atoms with E-state index >= 15 is 0 Å². The zero-order valence-corrected chi connectivity index (χ0v) is 12.7. The molecule has 2 aromatic rings. The van der Waals surface area contributed by atoms with Gasteiger partial charge in [0.15, 0.2) is 0 Å². The van der Waals surface area contributed by atoms with Gasteiger partial charge in [0, 0.05) is 22.1 Å². The molecule has 19 heavy (non-hydrogen) atoms. The minimum absolute atomic E-state index is 0.297. The van der Waals surface area contributed by atoms with Crippen LogP contribution in [0.15, 0.2) is 23.6 Å². The lowest BCUT2D eigenvalue weighted by Crippen LogP contribution is -2.22. The first kappa shape index (κ1) is 13.1. The van der Waals surface area contributed by atoms with E-state index in [9.17, 15) is 0 Å². The molecule has 0 spiro atoms. The third-order valence-electron chi connectivity index (χ3n) is 3.64. The Kier molecular flexibility index (Phi) is 3.61. The first-order valence-electron chi connectivity index (χ1n) is 6.60. The van der Waals surface area contributed by atoms with E-state index in [1.807, 2.05) is 13.0 Å². The van der Waals surface area contributed by atoms with E-state index in [1.165, 1.54) is 16.1 Å². The van der Waals surface area contributed by atoms with Crippen molar-refractivity contribution in [3.63, 3.8) is 0 Å². The number of rotatable bonds is 3. The number of benzene rings is 1. The highest BCUT2D eigenvalue weighted by Gasteiger charge is 2.24. The highest BCUT2D eigenvalue weighted by atomic mass is 35.5. The number of aromatic nitrogens is 1. The van der Waals surface area contributed by atoms with Crippen LogP contribution in [0.4, 0.5) is 0 Å². The number of fused-ring (bicyclic) bond motifs is 1. The van der Waals surface area contributed by atoms with Crippen molar-refractivity contribution in [2.75, 3.05) is 0 Å². The minimum atomic E-state index is 0.297. The second-order valence-electron chi connectivity index (χ2n) is 5.15. The first-order valence-corrected chi connectivity index (χ1v) is 7.85. The molecule has 1 aromatic carbocycles. The fourth-order valence-electron chi connectivity index (χ4n) is 2.70. The maximum Gasteiger partial charge on any atom is 0.110 e. The van der Waals surface area contributed by atoms with E-state index in [-0.39, 0.29) is 0 Å². The predicted molar refractivity (Wildman–Crippen MR) is 80.9 cm³/mol. The van der Waals surface area contributed by atoms with E-state index in [1.54, 1.807) is 11.3 Å². The van der Waals surface area contributed by atoms with Crippen molar-refractivity contribution >= 4 is 22.9 Å². The summed E-state index contributed by atoms with van der Waals surface area (Å²) < 4.78 is 0. The SMILES string of the molecule is Cc1csc(C(C)NC2CCc3cc(Cl)ccc32)n1. The summed E-state index contributed by atoms with van der Waals surface area (Å²) in [5.74, 6) is 0. The van der Waals surface area contributed by atoms with Gasteiger partial charge in [-0.25, -0.2) is 4.98 Å². The normalized spacial score (nSPS) is 19.4. The molecular weight excluding hydrogens is 276 g/mol. The van der Waals surface area contributed by atoms with Crippen LogP contribution < -0.4 is 5.32 Å². The maximum atomic E-state index is 6.05. The van der Waals surface area contributed by atoms with Crippen molar-refractivity contribution in [2.45, 2.75) is 38.8 Å². The van der Waals surface area contributed by atoms with Gasteiger partial charge >= 0.3 is 0 Å². The largest absolute Gasteiger partial charge is 0.301 e.